The SMILES string of the molecule is Cc1nnc(CNC(=O)Cc2csc(NC(=O)c3ccc4c(c3)OCO4)n2)o1. The summed E-state index contributed by atoms with van der Waals surface area (Å²) in [5.41, 5.74) is 0.971. The van der Waals surface area contributed by atoms with Crippen molar-refractivity contribution in [1.82, 2.24) is 20.5 Å². The molecule has 10 nitrogen and oxygen atoms in total. The topological polar surface area (TPSA) is 128 Å². The molecule has 0 saturated heterocycles. The van der Waals surface area contributed by atoms with Gasteiger partial charge in [-0.1, -0.05) is 0 Å². The molecule has 0 unspecified atom stereocenters. The molecule has 0 fully saturated rings. The molecule has 0 bridgehead atoms. The fourth-order valence-electron chi connectivity index (χ4n) is 2.46. The number of carbonyl (C=O) groups is 2. The first-order chi connectivity index (χ1) is 13.6. The fourth-order valence-corrected chi connectivity index (χ4v) is 3.17. The van der Waals surface area contributed by atoms with Crippen LogP contribution < -0.4 is 20.1 Å². The third-order valence-corrected chi connectivity index (χ3v) is 4.56. The van der Waals surface area contributed by atoms with Crippen LogP contribution in [0.3, 0.4) is 0 Å². The second-order valence-electron chi connectivity index (χ2n) is 5.83. The quantitative estimate of drug-likeness (QED) is 0.638. The van der Waals surface area contributed by atoms with Crippen molar-refractivity contribution in [3.05, 3.63) is 46.6 Å². The minimum Gasteiger partial charge on any atom is -0.454 e. The maximum absolute atomic E-state index is 12.4. The monoisotopic (exact) mass is 401 g/mol. The Bertz CT molecular complexity index is 1030. The highest BCUT2D eigenvalue weighted by atomic mass is 32.1. The number of fused-ring (bicyclic) bond motifs is 1. The molecule has 0 spiro atoms. The number of nitrogens with zero attached hydrogens (tertiary/aromatic N) is 3. The minimum atomic E-state index is -0.324. The van der Waals surface area contributed by atoms with Crippen LogP contribution in [0.2, 0.25) is 0 Å². The van der Waals surface area contributed by atoms with E-state index in [2.05, 4.69) is 25.8 Å². The highest BCUT2D eigenvalue weighted by molar-refractivity contribution is 7.14. The molecule has 2 N–H and O–H groups in total. The van der Waals surface area contributed by atoms with Gasteiger partial charge in [0, 0.05) is 17.9 Å². The summed E-state index contributed by atoms with van der Waals surface area (Å²) in [5.74, 6) is 1.34. The number of anilines is 1. The van der Waals surface area contributed by atoms with Crippen molar-refractivity contribution in [2.24, 2.45) is 0 Å². The molecule has 3 heterocycles. The van der Waals surface area contributed by atoms with E-state index in [0.29, 0.717) is 39.7 Å². The van der Waals surface area contributed by atoms with Crippen LogP contribution >= 0.6 is 11.3 Å². The molecule has 4 rings (SSSR count). The van der Waals surface area contributed by atoms with Gasteiger partial charge in [0.05, 0.1) is 18.7 Å². The molecule has 3 aromatic rings. The highest BCUT2D eigenvalue weighted by Crippen LogP contribution is 2.32. The number of carbonyl (C=O) groups excluding carboxylic acids is 2. The van der Waals surface area contributed by atoms with E-state index in [1.54, 1.807) is 30.5 Å². The number of aromatic nitrogens is 3. The molecule has 11 heteroatoms. The van der Waals surface area contributed by atoms with Gasteiger partial charge in [0.1, 0.15) is 0 Å². The average Bonchev–Trinajstić information content (AvgIpc) is 3.40. The van der Waals surface area contributed by atoms with Crippen molar-refractivity contribution in [3.63, 3.8) is 0 Å². The van der Waals surface area contributed by atoms with Gasteiger partial charge in [-0.25, -0.2) is 4.98 Å². The Morgan fingerprint density at radius 3 is 2.89 bits per heavy atom. The average molecular weight is 401 g/mol. The second-order valence-corrected chi connectivity index (χ2v) is 6.69. The van der Waals surface area contributed by atoms with Crippen LogP contribution in [0.15, 0.2) is 28.0 Å². The summed E-state index contributed by atoms with van der Waals surface area (Å²) in [7, 11) is 0. The van der Waals surface area contributed by atoms with Crippen molar-refractivity contribution in [1.29, 1.82) is 0 Å². The first kappa shape index (κ1) is 17.9. The predicted octanol–water partition coefficient (Wildman–Crippen LogP) is 1.67. The zero-order valence-electron chi connectivity index (χ0n) is 14.7. The van der Waals surface area contributed by atoms with Crippen LogP contribution in [-0.2, 0) is 17.8 Å². The van der Waals surface area contributed by atoms with Gasteiger partial charge in [0.15, 0.2) is 16.6 Å². The van der Waals surface area contributed by atoms with Crippen molar-refractivity contribution in [2.75, 3.05) is 12.1 Å². The number of amides is 2. The third-order valence-electron chi connectivity index (χ3n) is 3.75. The Kier molecular flexibility index (Phi) is 4.89. The van der Waals surface area contributed by atoms with E-state index in [4.69, 9.17) is 13.9 Å². The number of nitrogens with one attached hydrogen (secondary N) is 2. The molecule has 1 aromatic carbocycles. The van der Waals surface area contributed by atoms with Gasteiger partial charge >= 0.3 is 0 Å². The molecule has 1 aliphatic rings. The first-order valence-electron chi connectivity index (χ1n) is 8.28. The van der Waals surface area contributed by atoms with E-state index in [0.717, 1.165) is 0 Å². The molecule has 0 saturated carbocycles. The van der Waals surface area contributed by atoms with E-state index in [9.17, 15) is 9.59 Å². The number of benzene rings is 1. The largest absolute Gasteiger partial charge is 0.454 e. The highest BCUT2D eigenvalue weighted by Gasteiger charge is 2.17. The van der Waals surface area contributed by atoms with E-state index < -0.39 is 0 Å². The molecule has 2 amide bonds. The summed E-state index contributed by atoms with van der Waals surface area (Å²) in [5, 5.41) is 15.0. The van der Waals surface area contributed by atoms with E-state index in [1.165, 1.54) is 11.3 Å². The lowest BCUT2D eigenvalue weighted by Crippen LogP contribution is -2.24. The van der Waals surface area contributed by atoms with Crippen LogP contribution in [0.1, 0.15) is 27.8 Å². The van der Waals surface area contributed by atoms with Gasteiger partial charge < -0.3 is 19.2 Å². The number of hydrogen-bond acceptors (Lipinski definition) is 9. The predicted molar refractivity (Wildman–Crippen MR) is 97.2 cm³/mol. The maximum atomic E-state index is 12.4. The fraction of sp³-hybridized carbons (Fsp3) is 0.235. The summed E-state index contributed by atoms with van der Waals surface area (Å²) in [6, 6.07) is 4.93. The molecule has 0 radical (unpaired) electrons. The zero-order chi connectivity index (χ0) is 19.5. The third kappa shape index (κ3) is 4.09. The van der Waals surface area contributed by atoms with Crippen molar-refractivity contribution < 1.29 is 23.5 Å². The Morgan fingerprint density at radius 1 is 1.21 bits per heavy atom. The smallest absolute Gasteiger partial charge is 0.257 e. The number of ether oxygens (including phenoxy) is 2. The molecular formula is C17H15N5O5S. The normalized spacial score (nSPS) is 12.0. The summed E-state index contributed by atoms with van der Waals surface area (Å²) < 4.78 is 15.7. The lowest BCUT2D eigenvalue weighted by molar-refractivity contribution is -0.120. The van der Waals surface area contributed by atoms with Crippen molar-refractivity contribution in [2.45, 2.75) is 19.9 Å². The number of hydrogen-bond donors (Lipinski definition) is 2. The van der Waals surface area contributed by atoms with Crippen molar-refractivity contribution >= 4 is 28.3 Å². The van der Waals surface area contributed by atoms with Gasteiger partial charge in [0.25, 0.3) is 5.91 Å². The summed E-state index contributed by atoms with van der Waals surface area (Å²) in [6.07, 6.45) is 0.0729. The van der Waals surface area contributed by atoms with Crippen LogP contribution in [0.25, 0.3) is 0 Å². The van der Waals surface area contributed by atoms with Crippen LogP contribution in [0.5, 0.6) is 11.5 Å². The van der Waals surface area contributed by atoms with E-state index in [1.807, 2.05) is 0 Å². The van der Waals surface area contributed by atoms with Crippen LogP contribution in [0, 0.1) is 6.92 Å². The molecule has 144 valence electrons. The van der Waals surface area contributed by atoms with Crippen LogP contribution in [-0.4, -0.2) is 33.8 Å². The van der Waals surface area contributed by atoms with Crippen LogP contribution in [0.4, 0.5) is 5.13 Å². The van der Waals surface area contributed by atoms with Gasteiger partial charge in [-0.2, -0.15) is 0 Å². The number of aryl methyl sites for hydroxylation is 1. The van der Waals surface area contributed by atoms with E-state index >= 15 is 0 Å². The summed E-state index contributed by atoms with van der Waals surface area (Å²) in [6.45, 7) is 1.97. The second kappa shape index (κ2) is 7.64. The minimum absolute atomic E-state index is 0.0729. The Morgan fingerprint density at radius 2 is 2.07 bits per heavy atom. The number of rotatable bonds is 6. The standard InChI is InChI=1S/C17H15N5O5S/c1-9-21-22-15(27-9)6-18-14(23)5-11-7-28-17(19-11)20-16(24)10-2-3-12-13(4-10)26-8-25-12/h2-4,7H,5-6,8H2,1H3,(H,18,23)(H,19,20,24). The summed E-state index contributed by atoms with van der Waals surface area (Å²) in [4.78, 5) is 28.6. The molecule has 2 aromatic heterocycles. The van der Waals surface area contributed by atoms with Gasteiger partial charge in [-0.15, -0.1) is 21.5 Å². The molecule has 1 aliphatic heterocycles. The summed E-state index contributed by atoms with van der Waals surface area (Å²) >= 11 is 1.24. The number of thiazole rings is 1. The van der Waals surface area contributed by atoms with Crippen molar-refractivity contribution in [3.8, 4) is 11.5 Å². The van der Waals surface area contributed by atoms with Gasteiger partial charge in [-0.05, 0) is 18.2 Å². The molecule has 28 heavy (non-hydrogen) atoms. The maximum Gasteiger partial charge on any atom is 0.257 e. The lowest BCUT2D eigenvalue weighted by atomic mass is 10.2. The Hall–Kier alpha value is -3.47. The first-order valence-corrected chi connectivity index (χ1v) is 9.16. The molecule has 0 atom stereocenters. The Labute approximate surface area is 162 Å². The molecule has 0 aliphatic carbocycles. The van der Waals surface area contributed by atoms with E-state index in [-0.39, 0.29) is 31.6 Å². The zero-order valence-corrected chi connectivity index (χ0v) is 15.5. The van der Waals surface area contributed by atoms with Gasteiger partial charge in [-0.3, -0.25) is 14.9 Å². The van der Waals surface area contributed by atoms with Gasteiger partial charge in [0.2, 0.25) is 24.5 Å². The Balaban J connectivity index is 1.31. The molecular weight excluding hydrogens is 386 g/mol. The lowest BCUT2D eigenvalue weighted by Gasteiger charge is -2.03.